The third-order valence-corrected chi connectivity index (χ3v) is 3.10. The second-order valence-electron chi connectivity index (χ2n) is 2.42. The minimum Gasteiger partial charge on any atom is -0.282 e. The van der Waals surface area contributed by atoms with Crippen LogP contribution in [0.4, 0.5) is 0 Å². The molecule has 0 atom stereocenters. The monoisotopic (exact) mass is 302 g/mol. The Kier molecular flexibility index (Phi) is 8.61. The molecule has 0 heterocycles. The number of benzene rings is 1. The van der Waals surface area contributed by atoms with Gasteiger partial charge in [0.2, 0.25) is 0 Å². The van der Waals surface area contributed by atoms with Crippen molar-refractivity contribution in [3.05, 3.63) is 24.3 Å². The average Bonchev–Trinajstić information content (AvgIpc) is 2.32. The molecule has 106 valence electrons. The first kappa shape index (κ1) is 19.2. The molecule has 0 fully saturated rings. The number of hydrogen-bond acceptors (Lipinski definition) is 8. The second kappa shape index (κ2) is 8.06. The van der Waals surface area contributed by atoms with Crippen LogP contribution in [0.15, 0.2) is 34.1 Å². The van der Waals surface area contributed by atoms with E-state index in [1.165, 1.54) is 0 Å². The standard InChI is InChI=1S/C6H6O6S2.2H4N2/c7-13(8,9)5-2-1-3-6(4-5)14(10,11)12;2*1-2/h1-4H,(H,7,8,9)(H,10,11,12);2*1-2H2. The molecule has 0 bridgehead atoms. The van der Waals surface area contributed by atoms with Crippen molar-refractivity contribution in [2.45, 2.75) is 9.79 Å². The predicted octanol–water partition coefficient (Wildman–Crippen LogP) is -2.18. The van der Waals surface area contributed by atoms with Crippen LogP contribution >= 0.6 is 0 Å². The van der Waals surface area contributed by atoms with Crippen molar-refractivity contribution in [2.24, 2.45) is 23.4 Å². The van der Waals surface area contributed by atoms with Crippen molar-refractivity contribution in [1.29, 1.82) is 0 Å². The van der Waals surface area contributed by atoms with Gasteiger partial charge in [-0.05, 0) is 18.2 Å². The minimum atomic E-state index is -4.46. The summed E-state index contributed by atoms with van der Waals surface area (Å²) in [7, 11) is -8.92. The SMILES string of the molecule is NN.NN.O=S(=O)(O)c1cccc(S(=O)(=O)O)c1. The Morgan fingerprint density at radius 2 is 1.06 bits per heavy atom. The zero-order valence-corrected chi connectivity index (χ0v) is 10.6. The molecule has 12 heteroatoms. The Balaban J connectivity index is 0. The second-order valence-corrected chi connectivity index (χ2v) is 5.27. The molecular weight excluding hydrogens is 288 g/mol. The lowest BCUT2D eigenvalue weighted by Crippen LogP contribution is -2.02. The molecule has 10 N–H and O–H groups in total. The van der Waals surface area contributed by atoms with E-state index in [1.807, 2.05) is 0 Å². The van der Waals surface area contributed by atoms with Gasteiger partial charge in [0.1, 0.15) is 0 Å². The number of hydrazine groups is 2. The van der Waals surface area contributed by atoms with Crippen molar-refractivity contribution in [3.8, 4) is 0 Å². The van der Waals surface area contributed by atoms with Crippen molar-refractivity contribution in [1.82, 2.24) is 0 Å². The van der Waals surface area contributed by atoms with Crippen LogP contribution in [0.3, 0.4) is 0 Å². The van der Waals surface area contributed by atoms with E-state index in [0.717, 1.165) is 18.2 Å². The van der Waals surface area contributed by atoms with Crippen LogP contribution in [0.2, 0.25) is 0 Å². The number of hydrogen-bond donors (Lipinski definition) is 6. The zero-order valence-electron chi connectivity index (χ0n) is 8.96. The lowest BCUT2D eigenvalue weighted by Gasteiger charge is -1.99. The molecule has 18 heavy (non-hydrogen) atoms. The first-order chi connectivity index (χ1) is 8.21. The van der Waals surface area contributed by atoms with Crippen LogP contribution in [0.1, 0.15) is 0 Å². The van der Waals surface area contributed by atoms with Gasteiger partial charge < -0.3 is 0 Å². The van der Waals surface area contributed by atoms with E-state index in [-0.39, 0.29) is 0 Å². The van der Waals surface area contributed by atoms with Gasteiger partial charge in [-0.1, -0.05) is 6.07 Å². The van der Waals surface area contributed by atoms with E-state index in [4.69, 9.17) is 9.11 Å². The minimum absolute atomic E-state index is 0.590. The van der Waals surface area contributed by atoms with Gasteiger partial charge in [0.05, 0.1) is 9.79 Å². The van der Waals surface area contributed by atoms with Gasteiger partial charge in [0.25, 0.3) is 20.2 Å². The molecule has 0 aliphatic carbocycles. The molecule has 0 spiro atoms. The van der Waals surface area contributed by atoms with Gasteiger partial charge >= 0.3 is 0 Å². The highest BCUT2D eigenvalue weighted by Gasteiger charge is 2.15. The van der Waals surface area contributed by atoms with Crippen molar-refractivity contribution < 1.29 is 25.9 Å². The van der Waals surface area contributed by atoms with Crippen LogP contribution in [0.25, 0.3) is 0 Å². The maximum atomic E-state index is 10.6. The van der Waals surface area contributed by atoms with E-state index in [1.54, 1.807) is 0 Å². The fraction of sp³-hybridized carbons (Fsp3) is 0. The van der Waals surface area contributed by atoms with Crippen LogP contribution in [-0.4, -0.2) is 25.9 Å². The van der Waals surface area contributed by atoms with Gasteiger partial charge in [-0.25, -0.2) is 0 Å². The van der Waals surface area contributed by atoms with Crippen molar-refractivity contribution in [3.63, 3.8) is 0 Å². The average molecular weight is 302 g/mol. The molecule has 0 aliphatic heterocycles. The maximum Gasteiger partial charge on any atom is 0.294 e. The van der Waals surface area contributed by atoms with Crippen LogP contribution in [-0.2, 0) is 20.2 Å². The molecule has 10 nitrogen and oxygen atoms in total. The molecular formula is C6H14N4O6S2. The quantitative estimate of drug-likeness (QED) is 0.197. The van der Waals surface area contributed by atoms with E-state index in [0.29, 0.717) is 6.07 Å². The van der Waals surface area contributed by atoms with Crippen LogP contribution in [0, 0.1) is 0 Å². The normalized spacial score (nSPS) is 10.6. The summed E-state index contributed by atoms with van der Waals surface area (Å²) in [5.41, 5.74) is 0. The Bertz CT molecular complexity index is 508. The van der Waals surface area contributed by atoms with Gasteiger partial charge in [0, 0.05) is 0 Å². The Morgan fingerprint density at radius 3 is 1.28 bits per heavy atom. The smallest absolute Gasteiger partial charge is 0.282 e. The van der Waals surface area contributed by atoms with Crippen molar-refractivity contribution in [2.75, 3.05) is 0 Å². The van der Waals surface area contributed by atoms with E-state index in [9.17, 15) is 16.8 Å². The summed E-state index contributed by atoms with van der Waals surface area (Å²) in [6.07, 6.45) is 0. The number of rotatable bonds is 2. The fourth-order valence-electron chi connectivity index (χ4n) is 0.795. The molecule has 0 radical (unpaired) electrons. The Labute approximate surface area is 104 Å². The topological polar surface area (TPSA) is 213 Å². The summed E-state index contributed by atoms with van der Waals surface area (Å²) in [5, 5.41) is 0. The van der Waals surface area contributed by atoms with Crippen LogP contribution < -0.4 is 23.4 Å². The highest BCUT2D eigenvalue weighted by molar-refractivity contribution is 7.86. The first-order valence-electron chi connectivity index (χ1n) is 3.93. The molecule has 0 aliphatic rings. The van der Waals surface area contributed by atoms with Gasteiger partial charge in [-0.2, -0.15) is 16.8 Å². The van der Waals surface area contributed by atoms with E-state index in [2.05, 4.69) is 23.4 Å². The van der Waals surface area contributed by atoms with Gasteiger partial charge in [-0.3, -0.25) is 32.5 Å². The first-order valence-corrected chi connectivity index (χ1v) is 6.81. The lowest BCUT2D eigenvalue weighted by molar-refractivity contribution is 0.481. The Hall–Kier alpha value is -1.12. The molecule has 1 aromatic rings. The zero-order chi connectivity index (χ0) is 15.0. The third kappa shape index (κ3) is 6.58. The van der Waals surface area contributed by atoms with Gasteiger partial charge in [0.15, 0.2) is 0 Å². The Morgan fingerprint density at radius 1 is 0.778 bits per heavy atom. The van der Waals surface area contributed by atoms with Crippen LogP contribution in [0.5, 0.6) is 0 Å². The molecule has 0 amide bonds. The highest BCUT2D eigenvalue weighted by Crippen LogP contribution is 2.14. The third-order valence-electron chi connectivity index (χ3n) is 1.40. The highest BCUT2D eigenvalue weighted by atomic mass is 32.2. The molecule has 0 unspecified atom stereocenters. The molecule has 0 saturated carbocycles. The summed E-state index contributed by atoms with van der Waals surface area (Å²) in [4.78, 5) is -1.18. The van der Waals surface area contributed by atoms with E-state index < -0.39 is 30.0 Å². The molecule has 0 aromatic heterocycles. The molecule has 1 aromatic carbocycles. The molecule has 1 rings (SSSR count). The predicted molar refractivity (Wildman–Crippen MR) is 62.8 cm³/mol. The lowest BCUT2D eigenvalue weighted by atomic mass is 10.4. The summed E-state index contributed by atoms with van der Waals surface area (Å²) in [6, 6.07) is 3.75. The fourth-order valence-corrected chi connectivity index (χ4v) is 1.92. The maximum absolute atomic E-state index is 10.6. The largest absolute Gasteiger partial charge is 0.294 e. The summed E-state index contributed by atoms with van der Waals surface area (Å²) >= 11 is 0. The molecule has 0 saturated heterocycles. The number of nitrogens with two attached hydrogens (primary N) is 4. The summed E-state index contributed by atoms with van der Waals surface area (Å²) in [5.74, 6) is 16.0. The summed E-state index contributed by atoms with van der Waals surface area (Å²) < 4.78 is 59.5. The van der Waals surface area contributed by atoms with Crippen molar-refractivity contribution >= 4 is 20.2 Å². The van der Waals surface area contributed by atoms with Gasteiger partial charge in [-0.15, -0.1) is 0 Å². The summed E-state index contributed by atoms with van der Waals surface area (Å²) in [6.45, 7) is 0. The van der Waals surface area contributed by atoms with E-state index >= 15 is 0 Å².